The van der Waals surface area contributed by atoms with E-state index in [-0.39, 0.29) is 28.5 Å². The van der Waals surface area contributed by atoms with Crippen molar-refractivity contribution in [3.8, 4) is 22.5 Å². The first kappa shape index (κ1) is 27.1. The number of aryl methyl sites for hydroxylation is 2. The van der Waals surface area contributed by atoms with Crippen molar-refractivity contribution in [3.05, 3.63) is 69.4 Å². The van der Waals surface area contributed by atoms with Gasteiger partial charge in [0.25, 0.3) is 0 Å². The van der Waals surface area contributed by atoms with Crippen molar-refractivity contribution in [1.82, 2.24) is 14.8 Å². The van der Waals surface area contributed by atoms with Gasteiger partial charge in [-0.3, -0.25) is 4.79 Å². The zero-order valence-electron chi connectivity index (χ0n) is 21.5. The van der Waals surface area contributed by atoms with Gasteiger partial charge >= 0.3 is 11.9 Å². The van der Waals surface area contributed by atoms with Crippen molar-refractivity contribution < 1.29 is 23.9 Å². The van der Waals surface area contributed by atoms with Gasteiger partial charge in [0.15, 0.2) is 11.0 Å². The van der Waals surface area contributed by atoms with E-state index in [9.17, 15) is 14.4 Å². The Morgan fingerprint density at radius 3 is 2.21 bits per heavy atom. The Balaban J connectivity index is 1.50. The first-order chi connectivity index (χ1) is 18.2. The Hall–Kier alpha value is -3.96. The number of anilines is 1. The van der Waals surface area contributed by atoms with Crippen LogP contribution in [0.2, 0.25) is 0 Å². The van der Waals surface area contributed by atoms with Gasteiger partial charge in [-0.2, -0.15) is 0 Å². The van der Waals surface area contributed by atoms with Gasteiger partial charge in [0, 0.05) is 34.1 Å². The summed E-state index contributed by atoms with van der Waals surface area (Å²) in [5.74, 6) is -0.873. The van der Waals surface area contributed by atoms with Gasteiger partial charge < -0.3 is 19.4 Å². The Bertz CT molecular complexity index is 1470. The summed E-state index contributed by atoms with van der Waals surface area (Å²) in [5.41, 5.74) is 4.91. The molecule has 38 heavy (non-hydrogen) atoms. The van der Waals surface area contributed by atoms with Gasteiger partial charge in [-0.15, -0.1) is 21.5 Å². The Morgan fingerprint density at radius 1 is 0.974 bits per heavy atom. The minimum atomic E-state index is -0.638. The molecule has 0 radical (unpaired) electrons. The molecule has 196 valence electrons. The van der Waals surface area contributed by atoms with Crippen LogP contribution >= 0.6 is 23.1 Å². The molecule has 2 aromatic heterocycles. The quantitative estimate of drug-likeness (QED) is 0.237. The number of thiophene rings is 1. The van der Waals surface area contributed by atoms with E-state index in [2.05, 4.69) is 59.0 Å². The largest absolute Gasteiger partial charge is 0.465 e. The lowest BCUT2D eigenvalue weighted by Crippen LogP contribution is -2.16. The average Bonchev–Trinajstić information content (AvgIpc) is 3.48. The third-order valence-electron chi connectivity index (χ3n) is 5.78. The predicted molar refractivity (Wildman–Crippen MR) is 148 cm³/mol. The summed E-state index contributed by atoms with van der Waals surface area (Å²) in [6, 6.07) is 12.6. The highest BCUT2D eigenvalue weighted by molar-refractivity contribution is 7.99. The molecule has 0 saturated carbocycles. The number of hydrogen-bond acceptors (Lipinski definition) is 9. The number of nitrogens with zero attached hydrogens (tertiary/aromatic N) is 3. The van der Waals surface area contributed by atoms with E-state index in [1.807, 2.05) is 11.6 Å². The third kappa shape index (κ3) is 5.79. The van der Waals surface area contributed by atoms with E-state index in [0.717, 1.165) is 16.7 Å². The fourth-order valence-electron chi connectivity index (χ4n) is 3.87. The van der Waals surface area contributed by atoms with Crippen LogP contribution in [0, 0.1) is 13.8 Å². The van der Waals surface area contributed by atoms with E-state index in [1.54, 1.807) is 11.3 Å². The second kappa shape index (κ2) is 11.6. The number of rotatable bonds is 8. The van der Waals surface area contributed by atoms with Crippen LogP contribution in [0.25, 0.3) is 22.5 Å². The Kier molecular flexibility index (Phi) is 8.28. The van der Waals surface area contributed by atoms with Crippen molar-refractivity contribution in [1.29, 1.82) is 0 Å². The molecule has 0 bridgehead atoms. The van der Waals surface area contributed by atoms with Crippen LogP contribution in [-0.2, 0) is 21.3 Å². The highest BCUT2D eigenvalue weighted by atomic mass is 32.2. The topological polar surface area (TPSA) is 112 Å². The number of thioether (sulfide) groups is 1. The fraction of sp³-hybridized carbons (Fsp3) is 0.222. The molecule has 2 aromatic carbocycles. The van der Waals surface area contributed by atoms with Gasteiger partial charge in [0.05, 0.1) is 31.1 Å². The molecule has 0 saturated heterocycles. The van der Waals surface area contributed by atoms with Crippen LogP contribution in [0.3, 0.4) is 0 Å². The highest BCUT2D eigenvalue weighted by Crippen LogP contribution is 2.39. The monoisotopic (exact) mass is 550 g/mol. The van der Waals surface area contributed by atoms with E-state index < -0.39 is 11.9 Å². The van der Waals surface area contributed by atoms with Gasteiger partial charge in [-0.05, 0) is 37.6 Å². The van der Waals surface area contributed by atoms with Crippen molar-refractivity contribution in [2.45, 2.75) is 19.0 Å². The summed E-state index contributed by atoms with van der Waals surface area (Å²) in [5, 5.41) is 14.1. The number of nitrogens with one attached hydrogen (secondary N) is 1. The molecule has 1 N–H and O–H groups in total. The molecule has 4 aromatic rings. The van der Waals surface area contributed by atoms with Crippen LogP contribution in [0.1, 0.15) is 31.2 Å². The Morgan fingerprint density at radius 2 is 1.61 bits per heavy atom. The molecular weight excluding hydrogens is 524 g/mol. The number of amides is 1. The molecule has 11 heteroatoms. The van der Waals surface area contributed by atoms with Gasteiger partial charge in [0.1, 0.15) is 0 Å². The van der Waals surface area contributed by atoms with Gasteiger partial charge in [-0.25, -0.2) is 9.59 Å². The molecule has 0 unspecified atom stereocenters. The van der Waals surface area contributed by atoms with Crippen molar-refractivity contribution in [3.63, 3.8) is 0 Å². The second-order valence-electron chi connectivity index (χ2n) is 8.43. The molecule has 1 amide bonds. The van der Waals surface area contributed by atoms with Crippen LogP contribution in [0.4, 0.5) is 5.69 Å². The number of carbonyl (C=O) groups excluding carboxylic acids is 3. The van der Waals surface area contributed by atoms with Crippen molar-refractivity contribution in [2.24, 2.45) is 7.05 Å². The number of esters is 2. The standard InChI is InChI=1S/C27H26N4O5S2/c1-15-6-8-17(9-7-15)23-16(2)37-13-21(23)24-29-30-27(31(24)3)38-14-22(32)28-20-11-18(25(33)35-4)10-19(12-20)26(34)36-5/h6-13H,14H2,1-5H3,(H,28,32). The van der Waals surface area contributed by atoms with Crippen LogP contribution in [0.15, 0.2) is 53.0 Å². The van der Waals surface area contributed by atoms with E-state index in [1.165, 1.54) is 54.6 Å². The maximum atomic E-state index is 12.7. The van der Waals surface area contributed by atoms with Crippen molar-refractivity contribution in [2.75, 3.05) is 25.3 Å². The number of ether oxygens (including phenoxy) is 2. The molecule has 0 aliphatic carbocycles. The molecule has 4 rings (SSSR count). The molecular formula is C27H26N4O5S2. The molecule has 2 heterocycles. The van der Waals surface area contributed by atoms with Gasteiger partial charge in [-0.1, -0.05) is 41.6 Å². The average molecular weight is 551 g/mol. The summed E-state index contributed by atoms with van der Waals surface area (Å²) in [6.07, 6.45) is 0. The summed E-state index contributed by atoms with van der Waals surface area (Å²) >= 11 is 2.88. The maximum absolute atomic E-state index is 12.7. The molecule has 0 aliphatic heterocycles. The Labute approximate surface area is 228 Å². The van der Waals surface area contributed by atoms with Crippen molar-refractivity contribution >= 4 is 46.6 Å². The number of methoxy groups -OCH3 is 2. The summed E-state index contributed by atoms with van der Waals surface area (Å²) in [7, 11) is 4.33. The fourth-order valence-corrected chi connectivity index (χ4v) is 5.45. The summed E-state index contributed by atoms with van der Waals surface area (Å²) in [6.45, 7) is 4.14. The molecule has 0 spiro atoms. The first-order valence-corrected chi connectivity index (χ1v) is 13.4. The lowest BCUT2D eigenvalue weighted by Gasteiger charge is -2.10. The zero-order chi connectivity index (χ0) is 27.4. The van der Waals surface area contributed by atoms with Crippen LogP contribution in [-0.4, -0.2) is 52.6 Å². The van der Waals surface area contributed by atoms with Gasteiger partial charge in [0.2, 0.25) is 5.91 Å². The smallest absolute Gasteiger partial charge is 0.337 e. The van der Waals surface area contributed by atoms with E-state index >= 15 is 0 Å². The van der Waals surface area contributed by atoms with Crippen LogP contribution in [0.5, 0.6) is 0 Å². The zero-order valence-corrected chi connectivity index (χ0v) is 23.2. The predicted octanol–water partition coefficient (Wildman–Crippen LogP) is 5.13. The maximum Gasteiger partial charge on any atom is 0.337 e. The number of aromatic nitrogens is 3. The van der Waals surface area contributed by atoms with E-state index in [4.69, 9.17) is 9.47 Å². The molecule has 0 aliphatic rings. The second-order valence-corrected chi connectivity index (χ2v) is 10.5. The number of carbonyl (C=O) groups is 3. The number of hydrogen-bond donors (Lipinski definition) is 1. The third-order valence-corrected chi connectivity index (χ3v) is 7.71. The SMILES string of the molecule is COC(=O)c1cc(NC(=O)CSc2nnc(-c3csc(C)c3-c3ccc(C)cc3)n2C)cc(C(=O)OC)c1. The normalized spacial score (nSPS) is 10.8. The summed E-state index contributed by atoms with van der Waals surface area (Å²) in [4.78, 5) is 37.9. The highest BCUT2D eigenvalue weighted by Gasteiger charge is 2.20. The number of benzene rings is 2. The minimum absolute atomic E-state index is 0.0372. The summed E-state index contributed by atoms with van der Waals surface area (Å²) < 4.78 is 11.3. The minimum Gasteiger partial charge on any atom is -0.465 e. The lowest BCUT2D eigenvalue weighted by atomic mass is 10.0. The lowest BCUT2D eigenvalue weighted by molar-refractivity contribution is -0.113. The van der Waals surface area contributed by atoms with Crippen LogP contribution < -0.4 is 5.32 Å². The molecule has 0 fully saturated rings. The first-order valence-electron chi connectivity index (χ1n) is 11.5. The molecule has 9 nitrogen and oxygen atoms in total. The molecule has 0 atom stereocenters. The van der Waals surface area contributed by atoms with E-state index in [0.29, 0.717) is 11.0 Å².